The largest absolute Gasteiger partial charge is 0.394 e. The van der Waals surface area contributed by atoms with E-state index in [1.165, 1.54) is 64.2 Å². The Morgan fingerprint density at radius 2 is 1.16 bits per heavy atom. The first-order valence-corrected chi connectivity index (χ1v) is 17.3. The summed E-state index contributed by atoms with van der Waals surface area (Å²) in [7, 11) is 0. The molecule has 5 heteroatoms. The van der Waals surface area contributed by atoms with Crippen LogP contribution in [0, 0.1) is 0 Å². The van der Waals surface area contributed by atoms with Gasteiger partial charge in [-0.1, -0.05) is 151 Å². The van der Waals surface area contributed by atoms with E-state index < -0.39 is 12.1 Å². The summed E-state index contributed by atoms with van der Waals surface area (Å²) in [5.74, 6) is -0.138. The first-order valence-electron chi connectivity index (χ1n) is 17.3. The third-order valence-corrected chi connectivity index (χ3v) is 7.35. The molecule has 0 rings (SSSR count). The number of amides is 1. The average Bonchev–Trinajstić information content (AvgIpc) is 3.01. The highest BCUT2D eigenvalue weighted by atomic mass is 16.3. The van der Waals surface area contributed by atoms with Crippen LogP contribution in [-0.4, -0.2) is 46.1 Å². The van der Waals surface area contributed by atoms with Gasteiger partial charge in [0.2, 0.25) is 5.91 Å². The first kappa shape index (κ1) is 40.8. The molecule has 43 heavy (non-hydrogen) atoms. The Morgan fingerprint density at radius 1 is 0.628 bits per heavy atom. The van der Waals surface area contributed by atoms with Gasteiger partial charge in [0.05, 0.1) is 24.9 Å². The van der Waals surface area contributed by atoms with Gasteiger partial charge in [0.25, 0.3) is 0 Å². The van der Waals surface area contributed by atoms with Crippen molar-refractivity contribution < 1.29 is 20.1 Å². The summed E-state index contributed by atoms with van der Waals surface area (Å²) >= 11 is 0. The van der Waals surface area contributed by atoms with Crippen LogP contribution in [0.4, 0.5) is 0 Å². The van der Waals surface area contributed by atoms with Crippen LogP contribution >= 0.6 is 0 Å². The van der Waals surface area contributed by atoms with E-state index in [4.69, 9.17) is 0 Å². The van der Waals surface area contributed by atoms with Gasteiger partial charge in [0, 0.05) is 6.42 Å². The minimum atomic E-state index is -0.873. The van der Waals surface area contributed by atoms with Crippen molar-refractivity contribution in [1.82, 2.24) is 5.32 Å². The van der Waals surface area contributed by atoms with Crippen molar-refractivity contribution in [1.29, 1.82) is 0 Å². The van der Waals surface area contributed by atoms with Gasteiger partial charge in [-0.2, -0.15) is 0 Å². The van der Waals surface area contributed by atoms with E-state index in [1.807, 2.05) is 25.2 Å². The number of aliphatic hydroxyl groups is 3. The van der Waals surface area contributed by atoms with Crippen molar-refractivity contribution in [3.63, 3.8) is 0 Å². The van der Waals surface area contributed by atoms with Crippen LogP contribution in [0.25, 0.3) is 0 Å². The molecule has 0 saturated carbocycles. The minimum absolute atomic E-state index is 0.138. The van der Waals surface area contributed by atoms with Gasteiger partial charge in [0.15, 0.2) is 0 Å². The van der Waals surface area contributed by atoms with E-state index in [2.05, 4.69) is 54.8 Å². The molecule has 0 aromatic carbocycles. The maximum Gasteiger partial charge on any atom is 0.220 e. The molecule has 0 aliphatic rings. The summed E-state index contributed by atoms with van der Waals surface area (Å²) in [6, 6.07) is -0.663. The van der Waals surface area contributed by atoms with E-state index in [9.17, 15) is 20.1 Å². The van der Waals surface area contributed by atoms with Crippen LogP contribution < -0.4 is 5.32 Å². The molecule has 0 unspecified atom stereocenters. The molecule has 4 N–H and O–H groups in total. The van der Waals surface area contributed by atoms with Crippen LogP contribution in [0.15, 0.2) is 72.9 Å². The molecule has 0 fully saturated rings. The van der Waals surface area contributed by atoms with E-state index in [0.29, 0.717) is 6.42 Å². The molecule has 246 valence electrons. The molecule has 3 atom stereocenters. The fourth-order valence-electron chi connectivity index (χ4n) is 4.51. The maximum absolute atomic E-state index is 12.3. The van der Waals surface area contributed by atoms with Crippen molar-refractivity contribution >= 4 is 5.91 Å². The highest BCUT2D eigenvalue weighted by Crippen LogP contribution is 2.12. The van der Waals surface area contributed by atoms with Crippen molar-refractivity contribution in [2.75, 3.05) is 6.61 Å². The molecule has 0 bridgehead atoms. The number of aliphatic hydroxyl groups excluding tert-OH is 3. The molecule has 5 nitrogen and oxygen atoms in total. The lowest BCUT2D eigenvalue weighted by molar-refractivity contribution is -0.122. The second-order valence-corrected chi connectivity index (χ2v) is 11.4. The predicted octanol–water partition coefficient (Wildman–Crippen LogP) is 8.97. The van der Waals surface area contributed by atoms with E-state index in [-0.39, 0.29) is 18.6 Å². The molecular formula is C38H65NO4. The number of carbonyl (C=O) groups excluding carboxylic acids is 1. The minimum Gasteiger partial charge on any atom is -0.394 e. The second kappa shape index (κ2) is 32.7. The molecule has 0 aromatic rings. The summed E-state index contributed by atoms with van der Waals surface area (Å²) in [6.45, 7) is 3.93. The Bertz CT molecular complexity index is 796. The van der Waals surface area contributed by atoms with Crippen LogP contribution in [0.2, 0.25) is 0 Å². The molecule has 0 saturated heterocycles. The number of hydrogen-bond acceptors (Lipinski definition) is 4. The number of allylic oxidation sites excluding steroid dienone is 10. The SMILES string of the molecule is CCCCCCCCCCCCC/C=C/[C@@H](O)[C@H](CO)NC(=O)CCC/C=C\C/C=C\C/C=C\C/C=C\C=C\[C@H](O)CC. The quantitative estimate of drug-likeness (QED) is 0.0392. The fourth-order valence-corrected chi connectivity index (χ4v) is 4.51. The molecule has 1 amide bonds. The molecule has 0 spiro atoms. The lowest BCUT2D eigenvalue weighted by Gasteiger charge is -2.19. The molecule has 0 aliphatic heterocycles. The Morgan fingerprint density at radius 3 is 1.74 bits per heavy atom. The fraction of sp³-hybridized carbons (Fsp3) is 0.658. The van der Waals surface area contributed by atoms with Crippen molar-refractivity contribution in [3.8, 4) is 0 Å². The summed E-state index contributed by atoms with van der Waals surface area (Å²) < 4.78 is 0. The van der Waals surface area contributed by atoms with Crippen molar-refractivity contribution in [2.24, 2.45) is 0 Å². The zero-order chi connectivity index (χ0) is 31.6. The smallest absolute Gasteiger partial charge is 0.220 e. The predicted molar refractivity (Wildman–Crippen MR) is 185 cm³/mol. The van der Waals surface area contributed by atoms with Gasteiger partial charge in [-0.25, -0.2) is 0 Å². The highest BCUT2D eigenvalue weighted by Gasteiger charge is 2.17. The van der Waals surface area contributed by atoms with E-state index in [1.54, 1.807) is 12.2 Å². The maximum atomic E-state index is 12.3. The molecule has 0 aliphatic carbocycles. The number of nitrogens with one attached hydrogen (secondary N) is 1. The molecular weight excluding hydrogens is 534 g/mol. The highest BCUT2D eigenvalue weighted by molar-refractivity contribution is 5.76. The van der Waals surface area contributed by atoms with Gasteiger partial charge in [-0.3, -0.25) is 4.79 Å². The number of carbonyl (C=O) groups is 1. The molecule has 0 aromatic heterocycles. The lowest BCUT2D eigenvalue weighted by Crippen LogP contribution is -2.45. The number of rotatable bonds is 29. The Hall–Kier alpha value is -2.21. The zero-order valence-electron chi connectivity index (χ0n) is 27.6. The zero-order valence-corrected chi connectivity index (χ0v) is 27.6. The normalized spacial score (nSPS) is 14.8. The summed E-state index contributed by atoms with van der Waals surface area (Å²) in [5.41, 5.74) is 0. The van der Waals surface area contributed by atoms with Crippen molar-refractivity contribution in [3.05, 3.63) is 72.9 Å². The summed E-state index contributed by atoms with van der Waals surface area (Å²) in [5, 5.41) is 32.2. The van der Waals surface area contributed by atoms with Gasteiger partial charge in [-0.15, -0.1) is 0 Å². The monoisotopic (exact) mass is 599 g/mol. The van der Waals surface area contributed by atoms with E-state index in [0.717, 1.165) is 51.4 Å². The van der Waals surface area contributed by atoms with Crippen LogP contribution in [0.5, 0.6) is 0 Å². The van der Waals surface area contributed by atoms with Crippen LogP contribution in [-0.2, 0) is 4.79 Å². The van der Waals surface area contributed by atoms with Gasteiger partial charge in [0.1, 0.15) is 0 Å². The second-order valence-electron chi connectivity index (χ2n) is 11.4. The van der Waals surface area contributed by atoms with Crippen LogP contribution in [0.1, 0.15) is 136 Å². The topological polar surface area (TPSA) is 89.8 Å². The average molecular weight is 600 g/mol. The Balaban J connectivity index is 3.84. The third kappa shape index (κ3) is 29.6. The van der Waals surface area contributed by atoms with E-state index >= 15 is 0 Å². The van der Waals surface area contributed by atoms with Gasteiger partial charge in [-0.05, 0) is 51.4 Å². The number of unbranched alkanes of at least 4 members (excludes halogenated alkanes) is 12. The molecule has 0 heterocycles. The third-order valence-electron chi connectivity index (χ3n) is 7.35. The van der Waals surface area contributed by atoms with Crippen molar-refractivity contribution in [2.45, 2.75) is 154 Å². The van der Waals surface area contributed by atoms with Crippen LogP contribution in [0.3, 0.4) is 0 Å². The first-order chi connectivity index (χ1) is 21.0. The lowest BCUT2D eigenvalue weighted by atomic mass is 10.0. The Labute approximate surface area is 264 Å². The van der Waals surface area contributed by atoms with Gasteiger partial charge >= 0.3 is 0 Å². The standard InChI is InChI=1S/C38H65NO4/c1-3-5-6-7-8-9-10-13-17-20-23-26-29-32-37(42)36(34-40)39-38(43)33-30-27-24-21-18-15-12-11-14-16-19-22-25-28-31-35(41)4-2/h12,14-16,21-22,24-25,28-29,31-32,35-37,40-42H,3-11,13,17-20,23,26-27,30,33-34H2,1-2H3,(H,39,43)/b15-12-,16-14-,24-21-,25-22-,31-28+,32-29+/t35-,36+,37-/m1/s1. The number of hydrogen-bond donors (Lipinski definition) is 4. The van der Waals surface area contributed by atoms with Gasteiger partial charge < -0.3 is 20.6 Å². The summed E-state index contributed by atoms with van der Waals surface area (Å²) in [6.07, 6.45) is 43.6. The Kier molecular flexibility index (Phi) is 31.0. The molecule has 0 radical (unpaired) electrons. The summed E-state index contributed by atoms with van der Waals surface area (Å²) in [4.78, 5) is 12.3.